The Morgan fingerprint density at radius 3 is 2.65 bits per heavy atom. The average molecular weight is 350 g/mol. The van der Waals surface area contributed by atoms with E-state index in [2.05, 4.69) is 15.5 Å². The lowest BCUT2D eigenvalue weighted by atomic mass is 10.1. The summed E-state index contributed by atoms with van der Waals surface area (Å²) in [4.78, 5) is 14.2. The van der Waals surface area contributed by atoms with Crippen molar-refractivity contribution in [2.24, 2.45) is 0 Å². The van der Waals surface area contributed by atoms with E-state index >= 15 is 0 Å². The van der Waals surface area contributed by atoms with Gasteiger partial charge in [-0.15, -0.1) is 0 Å². The quantitative estimate of drug-likeness (QED) is 0.737. The maximum Gasteiger partial charge on any atom is 0.231 e. The van der Waals surface area contributed by atoms with Gasteiger partial charge < -0.3 is 14.8 Å². The molecule has 1 aliphatic heterocycles. The lowest BCUT2D eigenvalue weighted by Crippen LogP contribution is -2.33. The van der Waals surface area contributed by atoms with Gasteiger partial charge in [-0.3, -0.25) is 4.79 Å². The molecule has 2 heterocycles. The number of fused-ring (bicyclic) bond motifs is 1. The summed E-state index contributed by atoms with van der Waals surface area (Å²) in [5.41, 5.74) is 1.87. The minimum atomic E-state index is -0.217. The third kappa shape index (κ3) is 3.66. The van der Waals surface area contributed by atoms with Crippen LogP contribution in [0.25, 0.3) is 0 Å². The van der Waals surface area contributed by atoms with Crippen LogP contribution in [0.15, 0.2) is 60.9 Å². The zero-order valence-electron chi connectivity index (χ0n) is 14.0. The van der Waals surface area contributed by atoms with Crippen molar-refractivity contribution in [1.29, 1.82) is 0 Å². The number of nitrogens with zero attached hydrogens (tertiary/aromatic N) is 3. The number of carbonyl (C=O) groups is 1. The second-order valence-corrected chi connectivity index (χ2v) is 5.98. The Kier molecular flexibility index (Phi) is 4.51. The topological polar surface area (TPSA) is 78.3 Å². The molecule has 0 fully saturated rings. The van der Waals surface area contributed by atoms with Crippen molar-refractivity contribution in [3.63, 3.8) is 0 Å². The Morgan fingerprint density at radius 1 is 1.08 bits per heavy atom. The first-order valence-electron chi connectivity index (χ1n) is 8.35. The highest BCUT2D eigenvalue weighted by atomic mass is 16.7. The van der Waals surface area contributed by atoms with Gasteiger partial charge in [-0.05, 0) is 23.3 Å². The zero-order chi connectivity index (χ0) is 17.8. The maximum absolute atomic E-state index is 12.6. The molecule has 132 valence electrons. The fourth-order valence-corrected chi connectivity index (χ4v) is 2.90. The highest BCUT2D eigenvalue weighted by Gasteiger charge is 2.18. The molecule has 7 heteroatoms. The third-order valence-corrected chi connectivity index (χ3v) is 4.15. The van der Waals surface area contributed by atoms with Gasteiger partial charge >= 0.3 is 0 Å². The third-order valence-electron chi connectivity index (χ3n) is 4.15. The lowest BCUT2D eigenvalue weighted by molar-refractivity contribution is -0.121. The fourth-order valence-electron chi connectivity index (χ4n) is 2.90. The van der Waals surface area contributed by atoms with Crippen molar-refractivity contribution >= 4 is 5.91 Å². The predicted molar refractivity (Wildman–Crippen MR) is 93.6 cm³/mol. The van der Waals surface area contributed by atoms with Crippen molar-refractivity contribution in [2.75, 3.05) is 6.79 Å². The van der Waals surface area contributed by atoms with E-state index in [1.165, 1.54) is 0 Å². The smallest absolute Gasteiger partial charge is 0.231 e. The predicted octanol–water partition coefficient (Wildman–Crippen LogP) is 2.11. The fraction of sp³-hybridized carbons (Fsp3) is 0.211. The molecule has 4 rings (SSSR count). The molecule has 1 unspecified atom stereocenters. The van der Waals surface area contributed by atoms with Crippen LogP contribution >= 0.6 is 0 Å². The number of hydrogen-bond donors (Lipinski definition) is 1. The highest BCUT2D eigenvalue weighted by Crippen LogP contribution is 2.32. The number of aromatic nitrogens is 3. The van der Waals surface area contributed by atoms with Crippen LogP contribution < -0.4 is 14.8 Å². The van der Waals surface area contributed by atoms with Crippen LogP contribution in [0.3, 0.4) is 0 Å². The van der Waals surface area contributed by atoms with E-state index in [-0.39, 0.29) is 25.2 Å². The van der Waals surface area contributed by atoms with Crippen LogP contribution in [0.5, 0.6) is 11.5 Å². The molecule has 3 aromatic rings. The summed E-state index contributed by atoms with van der Waals surface area (Å²) >= 11 is 0. The molecule has 0 radical (unpaired) electrons. The van der Waals surface area contributed by atoms with Crippen LogP contribution in [0.1, 0.15) is 17.2 Å². The summed E-state index contributed by atoms with van der Waals surface area (Å²) in [7, 11) is 0. The summed E-state index contributed by atoms with van der Waals surface area (Å²) in [6.07, 6.45) is 3.50. The summed E-state index contributed by atoms with van der Waals surface area (Å²) in [6.45, 7) is 0.682. The SMILES string of the molecule is O=C(Cc1ccc2c(c1)OCO2)NC(Cn1nccn1)c1ccccc1. The van der Waals surface area contributed by atoms with E-state index in [1.807, 2.05) is 48.5 Å². The Hall–Kier alpha value is -3.35. The summed E-state index contributed by atoms with van der Waals surface area (Å²) < 4.78 is 10.7. The van der Waals surface area contributed by atoms with Crippen molar-refractivity contribution in [3.8, 4) is 11.5 Å². The minimum Gasteiger partial charge on any atom is -0.454 e. The molecule has 1 amide bonds. The molecule has 26 heavy (non-hydrogen) atoms. The molecule has 7 nitrogen and oxygen atoms in total. The second kappa shape index (κ2) is 7.26. The largest absolute Gasteiger partial charge is 0.454 e. The first kappa shape index (κ1) is 16.1. The van der Waals surface area contributed by atoms with E-state index < -0.39 is 0 Å². The molecule has 0 aliphatic carbocycles. The van der Waals surface area contributed by atoms with Gasteiger partial charge in [0, 0.05) is 0 Å². The standard InChI is InChI=1S/C19H18N4O3/c24-19(11-14-6-7-17-18(10-14)26-13-25-17)22-16(12-23-20-8-9-21-23)15-4-2-1-3-5-15/h1-10,16H,11-13H2,(H,22,24). The van der Waals surface area contributed by atoms with Gasteiger partial charge in [0.15, 0.2) is 11.5 Å². The van der Waals surface area contributed by atoms with Crippen molar-refractivity contribution in [1.82, 2.24) is 20.3 Å². The number of ether oxygens (including phenoxy) is 2. The summed E-state index contributed by atoms with van der Waals surface area (Å²) in [5, 5.41) is 11.3. The molecule has 2 aromatic carbocycles. The Balaban J connectivity index is 1.47. The zero-order valence-corrected chi connectivity index (χ0v) is 14.0. The van der Waals surface area contributed by atoms with Gasteiger partial charge in [-0.25, -0.2) is 0 Å². The average Bonchev–Trinajstić information content (AvgIpc) is 3.33. The summed E-state index contributed by atoms with van der Waals surface area (Å²) in [5.74, 6) is 1.31. The van der Waals surface area contributed by atoms with E-state index in [4.69, 9.17) is 9.47 Å². The Morgan fingerprint density at radius 2 is 1.85 bits per heavy atom. The number of rotatable bonds is 6. The second-order valence-electron chi connectivity index (χ2n) is 5.98. The molecule has 0 saturated heterocycles. The number of nitrogens with one attached hydrogen (secondary N) is 1. The van der Waals surface area contributed by atoms with Gasteiger partial charge in [0.1, 0.15) is 0 Å². The van der Waals surface area contributed by atoms with E-state index in [0.29, 0.717) is 18.0 Å². The molecular formula is C19H18N4O3. The van der Waals surface area contributed by atoms with Crippen molar-refractivity contribution < 1.29 is 14.3 Å². The number of amides is 1. The van der Waals surface area contributed by atoms with Gasteiger partial charge in [0.05, 0.1) is 31.4 Å². The summed E-state index contributed by atoms with van der Waals surface area (Å²) in [6, 6.07) is 15.1. The van der Waals surface area contributed by atoms with Gasteiger partial charge in [0.2, 0.25) is 12.7 Å². The van der Waals surface area contributed by atoms with Crippen LogP contribution in [-0.2, 0) is 17.8 Å². The molecular weight excluding hydrogens is 332 g/mol. The van der Waals surface area contributed by atoms with Crippen molar-refractivity contribution in [3.05, 3.63) is 72.1 Å². The van der Waals surface area contributed by atoms with Crippen LogP contribution in [0, 0.1) is 0 Å². The molecule has 1 aromatic heterocycles. The highest BCUT2D eigenvalue weighted by molar-refractivity contribution is 5.79. The lowest BCUT2D eigenvalue weighted by Gasteiger charge is -2.19. The minimum absolute atomic E-state index is 0.0788. The maximum atomic E-state index is 12.6. The van der Waals surface area contributed by atoms with Crippen LogP contribution in [-0.4, -0.2) is 27.7 Å². The Labute approximate surface area is 150 Å². The molecule has 1 aliphatic rings. The molecule has 1 atom stereocenters. The first-order valence-corrected chi connectivity index (χ1v) is 8.35. The van der Waals surface area contributed by atoms with E-state index in [9.17, 15) is 4.79 Å². The number of carbonyl (C=O) groups excluding carboxylic acids is 1. The number of hydrogen-bond acceptors (Lipinski definition) is 5. The monoisotopic (exact) mass is 350 g/mol. The molecule has 0 saturated carbocycles. The molecule has 0 bridgehead atoms. The van der Waals surface area contributed by atoms with Crippen LogP contribution in [0.2, 0.25) is 0 Å². The normalized spacial score (nSPS) is 13.4. The van der Waals surface area contributed by atoms with Gasteiger partial charge in [-0.1, -0.05) is 36.4 Å². The molecule has 1 N–H and O–H groups in total. The van der Waals surface area contributed by atoms with Crippen molar-refractivity contribution in [2.45, 2.75) is 19.0 Å². The van der Waals surface area contributed by atoms with Gasteiger partial charge in [-0.2, -0.15) is 15.0 Å². The molecule has 0 spiro atoms. The number of benzene rings is 2. The van der Waals surface area contributed by atoms with Crippen LogP contribution in [0.4, 0.5) is 0 Å². The van der Waals surface area contributed by atoms with E-state index in [0.717, 1.165) is 11.1 Å². The van der Waals surface area contributed by atoms with Gasteiger partial charge in [0.25, 0.3) is 0 Å². The van der Waals surface area contributed by atoms with E-state index in [1.54, 1.807) is 17.2 Å². The first-order chi connectivity index (χ1) is 12.8. The Bertz CT molecular complexity index is 881.